The van der Waals surface area contributed by atoms with Crippen LogP contribution in [0.4, 0.5) is 5.82 Å². The van der Waals surface area contributed by atoms with Gasteiger partial charge in [0.25, 0.3) is 0 Å². The highest BCUT2D eigenvalue weighted by Gasteiger charge is 2.03. The SMILES string of the molecule is Cc1ccnc(NC(=O)/C=C/c2c(Cl)cccc2Cl)c1. The van der Waals surface area contributed by atoms with Crippen LogP contribution in [0, 0.1) is 6.92 Å². The van der Waals surface area contributed by atoms with Gasteiger partial charge in [-0.25, -0.2) is 4.98 Å². The van der Waals surface area contributed by atoms with Gasteiger partial charge in [0.15, 0.2) is 0 Å². The molecule has 102 valence electrons. The molecule has 2 aromatic rings. The zero-order valence-corrected chi connectivity index (χ0v) is 12.2. The molecule has 0 aliphatic carbocycles. The number of amides is 1. The zero-order chi connectivity index (χ0) is 14.5. The lowest BCUT2D eigenvalue weighted by atomic mass is 10.2. The fraction of sp³-hybridized carbons (Fsp3) is 0.0667. The molecular formula is C15H12Cl2N2O. The van der Waals surface area contributed by atoms with Gasteiger partial charge in [0.05, 0.1) is 0 Å². The van der Waals surface area contributed by atoms with Crippen molar-refractivity contribution >= 4 is 41.0 Å². The second-order valence-electron chi connectivity index (χ2n) is 4.18. The molecule has 0 unspecified atom stereocenters. The third-order valence-electron chi connectivity index (χ3n) is 2.57. The number of anilines is 1. The van der Waals surface area contributed by atoms with E-state index in [-0.39, 0.29) is 5.91 Å². The van der Waals surface area contributed by atoms with E-state index in [4.69, 9.17) is 23.2 Å². The zero-order valence-electron chi connectivity index (χ0n) is 10.7. The number of rotatable bonds is 3. The third-order valence-corrected chi connectivity index (χ3v) is 3.23. The maximum absolute atomic E-state index is 11.8. The molecule has 1 N–H and O–H groups in total. The molecule has 0 fully saturated rings. The minimum absolute atomic E-state index is 0.293. The lowest BCUT2D eigenvalue weighted by molar-refractivity contribution is -0.111. The number of aromatic nitrogens is 1. The average molecular weight is 307 g/mol. The highest BCUT2D eigenvalue weighted by molar-refractivity contribution is 6.37. The van der Waals surface area contributed by atoms with Crippen molar-refractivity contribution in [3.8, 4) is 0 Å². The molecule has 1 aromatic carbocycles. The Hall–Kier alpha value is -1.84. The molecule has 20 heavy (non-hydrogen) atoms. The predicted octanol–water partition coefficient (Wildman–Crippen LogP) is 4.35. The average Bonchev–Trinajstić information content (AvgIpc) is 2.38. The summed E-state index contributed by atoms with van der Waals surface area (Å²) in [6, 6.07) is 8.82. The summed E-state index contributed by atoms with van der Waals surface area (Å²) in [5, 5.41) is 3.66. The van der Waals surface area contributed by atoms with Crippen LogP contribution in [0.15, 0.2) is 42.6 Å². The van der Waals surface area contributed by atoms with Crippen molar-refractivity contribution in [2.75, 3.05) is 5.32 Å². The van der Waals surface area contributed by atoms with Gasteiger partial charge in [-0.1, -0.05) is 29.3 Å². The van der Waals surface area contributed by atoms with Crippen LogP contribution in [-0.2, 0) is 4.79 Å². The van der Waals surface area contributed by atoms with E-state index < -0.39 is 0 Å². The number of hydrogen-bond donors (Lipinski definition) is 1. The number of aryl methyl sites for hydroxylation is 1. The summed E-state index contributed by atoms with van der Waals surface area (Å²) in [7, 11) is 0. The first-order valence-corrected chi connectivity index (χ1v) is 6.67. The number of benzene rings is 1. The third kappa shape index (κ3) is 3.83. The molecule has 1 amide bonds. The summed E-state index contributed by atoms with van der Waals surface area (Å²) in [5.74, 6) is 0.212. The van der Waals surface area contributed by atoms with Crippen molar-refractivity contribution in [3.63, 3.8) is 0 Å². The summed E-state index contributed by atoms with van der Waals surface area (Å²) in [6.45, 7) is 1.93. The molecule has 1 heterocycles. The molecule has 2 rings (SSSR count). The normalized spacial score (nSPS) is 10.8. The molecule has 0 bridgehead atoms. The first-order chi connectivity index (χ1) is 9.56. The molecule has 1 aromatic heterocycles. The van der Waals surface area contributed by atoms with E-state index in [0.29, 0.717) is 21.4 Å². The number of carbonyl (C=O) groups is 1. The van der Waals surface area contributed by atoms with Crippen LogP contribution in [0.2, 0.25) is 10.0 Å². The van der Waals surface area contributed by atoms with Gasteiger partial charge in [-0.3, -0.25) is 4.79 Å². The maximum Gasteiger partial charge on any atom is 0.249 e. The largest absolute Gasteiger partial charge is 0.307 e. The number of halogens is 2. The van der Waals surface area contributed by atoms with Gasteiger partial charge in [0.2, 0.25) is 5.91 Å². The summed E-state index contributed by atoms with van der Waals surface area (Å²) in [5.41, 5.74) is 1.64. The smallest absolute Gasteiger partial charge is 0.249 e. The van der Waals surface area contributed by atoms with Gasteiger partial charge < -0.3 is 5.32 Å². The van der Waals surface area contributed by atoms with E-state index in [9.17, 15) is 4.79 Å². The van der Waals surface area contributed by atoms with Gasteiger partial charge in [-0.2, -0.15) is 0 Å². The van der Waals surface area contributed by atoms with Gasteiger partial charge in [-0.15, -0.1) is 0 Å². The van der Waals surface area contributed by atoms with Crippen molar-refractivity contribution in [3.05, 3.63) is 63.8 Å². The van der Waals surface area contributed by atoms with Crippen molar-refractivity contribution in [1.29, 1.82) is 0 Å². The van der Waals surface area contributed by atoms with E-state index in [1.54, 1.807) is 36.5 Å². The minimum Gasteiger partial charge on any atom is -0.307 e. The Morgan fingerprint density at radius 3 is 2.60 bits per heavy atom. The van der Waals surface area contributed by atoms with Crippen LogP contribution in [0.1, 0.15) is 11.1 Å². The Morgan fingerprint density at radius 1 is 1.25 bits per heavy atom. The second kappa shape index (κ2) is 6.55. The van der Waals surface area contributed by atoms with Gasteiger partial charge in [0.1, 0.15) is 5.82 Å². The van der Waals surface area contributed by atoms with Gasteiger partial charge >= 0.3 is 0 Å². The number of nitrogens with one attached hydrogen (secondary N) is 1. The number of nitrogens with zero attached hydrogens (tertiary/aromatic N) is 1. The summed E-state index contributed by atoms with van der Waals surface area (Å²) < 4.78 is 0. The molecule has 0 radical (unpaired) electrons. The minimum atomic E-state index is -0.293. The fourth-order valence-electron chi connectivity index (χ4n) is 1.60. The summed E-state index contributed by atoms with van der Waals surface area (Å²) >= 11 is 12.0. The predicted molar refractivity (Wildman–Crippen MR) is 83.1 cm³/mol. The van der Waals surface area contributed by atoms with E-state index in [2.05, 4.69) is 10.3 Å². The molecule has 0 spiro atoms. The quantitative estimate of drug-likeness (QED) is 0.857. The Labute approximate surface area is 127 Å². The molecule has 3 nitrogen and oxygen atoms in total. The highest BCUT2D eigenvalue weighted by atomic mass is 35.5. The highest BCUT2D eigenvalue weighted by Crippen LogP contribution is 2.25. The molecule has 5 heteroatoms. The van der Waals surface area contributed by atoms with Crippen LogP contribution in [0.25, 0.3) is 6.08 Å². The molecule has 0 atom stereocenters. The van der Waals surface area contributed by atoms with Crippen molar-refractivity contribution < 1.29 is 4.79 Å². The maximum atomic E-state index is 11.8. The lowest BCUT2D eigenvalue weighted by Gasteiger charge is -2.03. The van der Waals surface area contributed by atoms with E-state index in [0.717, 1.165) is 5.56 Å². The fourth-order valence-corrected chi connectivity index (χ4v) is 2.12. The summed E-state index contributed by atoms with van der Waals surface area (Å²) in [6.07, 6.45) is 4.59. The van der Waals surface area contributed by atoms with Crippen LogP contribution in [0.5, 0.6) is 0 Å². The van der Waals surface area contributed by atoms with Crippen LogP contribution in [0.3, 0.4) is 0 Å². The second-order valence-corrected chi connectivity index (χ2v) is 4.99. The number of carbonyl (C=O) groups excluding carboxylic acids is 1. The Bertz CT molecular complexity index is 648. The van der Waals surface area contributed by atoms with Crippen molar-refractivity contribution in [2.24, 2.45) is 0 Å². The number of pyridine rings is 1. The van der Waals surface area contributed by atoms with Gasteiger partial charge in [0, 0.05) is 27.9 Å². The molecule has 0 aliphatic rings. The lowest BCUT2D eigenvalue weighted by Crippen LogP contribution is -2.09. The van der Waals surface area contributed by atoms with Crippen LogP contribution >= 0.6 is 23.2 Å². The van der Waals surface area contributed by atoms with Crippen molar-refractivity contribution in [2.45, 2.75) is 6.92 Å². The Kier molecular flexibility index (Phi) is 4.77. The van der Waals surface area contributed by atoms with Crippen LogP contribution in [-0.4, -0.2) is 10.9 Å². The van der Waals surface area contributed by atoms with Crippen molar-refractivity contribution in [1.82, 2.24) is 4.98 Å². The van der Waals surface area contributed by atoms with E-state index in [1.807, 2.05) is 13.0 Å². The monoisotopic (exact) mass is 306 g/mol. The molecule has 0 saturated heterocycles. The molecule has 0 saturated carbocycles. The number of hydrogen-bond acceptors (Lipinski definition) is 2. The Balaban J connectivity index is 2.10. The Morgan fingerprint density at radius 2 is 1.95 bits per heavy atom. The topological polar surface area (TPSA) is 42.0 Å². The van der Waals surface area contributed by atoms with Crippen LogP contribution < -0.4 is 5.32 Å². The van der Waals surface area contributed by atoms with E-state index in [1.165, 1.54) is 6.08 Å². The standard InChI is InChI=1S/C15H12Cl2N2O/c1-10-7-8-18-14(9-10)19-15(20)6-5-11-12(16)3-2-4-13(11)17/h2-9H,1H3,(H,18,19,20)/b6-5+. The molecular weight excluding hydrogens is 295 g/mol. The first kappa shape index (κ1) is 14.6. The first-order valence-electron chi connectivity index (χ1n) is 5.92. The molecule has 0 aliphatic heterocycles. The van der Waals surface area contributed by atoms with Gasteiger partial charge in [-0.05, 0) is 42.8 Å². The van der Waals surface area contributed by atoms with E-state index >= 15 is 0 Å². The summed E-state index contributed by atoms with van der Waals surface area (Å²) in [4.78, 5) is 15.8.